The first-order chi connectivity index (χ1) is 23.8. The van der Waals surface area contributed by atoms with E-state index in [0.29, 0.717) is 17.5 Å². The second-order valence-corrected chi connectivity index (χ2v) is 12.0. The van der Waals surface area contributed by atoms with Crippen LogP contribution in [0.15, 0.2) is 162 Å². The number of hydrogen-bond donors (Lipinski definition) is 0. The van der Waals surface area contributed by atoms with E-state index in [1.165, 1.54) is 27.1 Å². The quantitative estimate of drug-likeness (QED) is 0.198. The highest BCUT2D eigenvalue weighted by Gasteiger charge is 2.20. The smallest absolute Gasteiger partial charge is 0.164 e. The molecule has 10 rings (SSSR count). The summed E-state index contributed by atoms with van der Waals surface area (Å²) >= 11 is 0. The SMILES string of the molecule is c1ccc(-c2nc(-c3ccccc3)nc(-c3ccc4oc5cccc(-n6c7ccccc7c7ccc8ccccc8c76)c5c4c3)n2)cc1. The van der Waals surface area contributed by atoms with Crippen molar-refractivity contribution in [3.63, 3.8) is 0 Å². The van der Waals surface area contributed by atoms with E-state index in [4.69, 9.17) is 19.4 Å². The molecule has 0 N–H and O–H groups in total. The number of fused-ring (bicyclic) bond motifs is 8. The zero-order valence-corrected chi connectivity index (χ0v) is 25.7. The third kappa shape index (κ3) is 4.08. The number of nitrogens with zero attached hydrogens (tertiary/aromatic N) is 4. The van der Waals surface area contributed by atoms with Gasteiger partial charge in [-0.1, -0.05) is 121 Å². The fourth-order valence-electron chi connectivity index (χ4n) is 7.05. The van der Waals surface area contributed by atoms with E-state index in [2.05, 4.69) is 89.5 Å². The normalized spacial score (nSPS) is 11.8. The highest BCUT2D eigenvalue weighted by molar-refractivity contribution is 6.20. The topological polar surface area (TPSA) is 56.7 Å². The molecule has 0 aliphatic carbocycles. The molecule has 0 unspecified atom stereocenters. The van der Waals surface area contributed by atoms with E-state index in [-0.39, 0.29) is 0 Å². The summed E-state index contributed by atoms with van der Waals surface area (Å²) in [5.41, 5.74) is 7.82. The fourth-order valence-corrected chi connectivity index (χ4v) is 7.05. The predicted molar refractivity (Wildman–Crippen MR) is 195 cm³/mol. The molecule has 0 fully saturated rings. The summed E-state index contributed by atoms with van der Waals surface area (Å²) in [4.78, 5) is 14.9. The molecule has 3 aromatic heterocycles. The van der Waals surface area contributed by atoms with Crippen molar-refractivity contribution in [3.05, 3.63) is 158 Å². The van der Waals surface area contributed by atoms with Gasteiger partial charge in [0.1, 0.15) is 11.2 Å². The summed E-state index contributed by atoms with van der Waals surface area (Å²) in [6.45, 7) is 0. The van der Waals surface area contributed by atoms with Crippen molar-refractivity contribution in [1.82, 2.24) is 19.5 Å². The molecule has 0 bridgehead atoms. The maximum atomic E-state index is 6.51. The maximum Gasteiger partial charge on any atom is 0.164 e. The zero-order chi connectivity index (χ0) is 31.6. The van der Waals surface area contributed by atoms with Crippen LogP contribution < -0.4 is 0 Å². The number of hydrogen-bond acceptors (Lipinski definition) is 4. The van der Waals surface area contributed by atoms with Crippen LogP contribution in [0, 0.1) is 0 Å². The number of benzene rings is 7. The van der Waals surface area contributed by atoms with E-state index in [0.717, 1.165) is 49.8 Å². The Morgan fingerprint density at radius 3 is 1.81 bits per heavy atom. The third-order valence-electron chi connectivity index (χ3n) is 9.23. The first-order valence-electron chi connectivity index (χ1n) is 16.0. The molecule has 10 aromatic rings. The Morgan fingerprint density at radius 2 is 1.06 bits per heavy atom. The number of rotatable bonds is 4. The van der Waals surface area contributed by atoms with Crippen LogP contribution in [-0.2, 0) is 0 Å². The molecule has 3 heterocycles. The standard InChI is InChI=1S/C43H26N4O/c1-3-13-28(14-4-1)41-44-42(29-15-5-2-6-16-29)46-43(45-41)30-23-25-37-34(26-30)39-36(20-11-21-38(39)48-37)47-35-19-10-9-18-32(35)33-24-22-27-12-7-8-17-31(27)40(33)47/h1-26H. The summed E-state index contributed by atoms with van der Waals surface area (Å²) in [5.74, 6) is 1.88. The molecule has 0 saturated heterocycles. The predicted octanol–water partition coefficient (Wildman–Crippen LogP) is 11.0. The molecule has 48 heavy (non-hydrogen) atoms. The lowest BCUT2D eigenvalue weighted by Crippen LogP contribution is -2.00. The molecule has 0 saturated carbocycles. The summed E-state index contributed by atoms with van der Waals surface area (Å²) in [7, 11) is 0. The molecule has 0 atom stereocenters. The van der Waals surface area contributed by atoms with Crippen LogP contribution in [0.5, 0.6) is 0 Å². The van der Waals surface area contributed by atoms with Crippen LogP contribution >= 0.6 is 0 Å². The monoisotopic (exact) mass is 614 g/mol. The molecular weight excluding hydrogens is 589 g/mol. The highest BCUT2D eigenvalue weighted by atomic mass is 16.3. The van der Waals surface area contributed by atoms with E-state index >= 15 is 0 Å². The van der Waals surface area contributed by atoms with E-state index < -0.39 is 0 Å². The van der Waals surface area contributed by atoms with Crippen molar-refractivity contribution < 1.29 is 4.42 Å². The maximum absolute atomic E-state index is 6.51. The summed E-state index contributed by atoms with van der Waals surface area (Å²) in [6, 6.07) is 54.4. The van der Waals surface area contributed by atoms with Crippen LogP contribution in [0.1, 0.15) is 0 Å². The van der Waals surface area contributed by atoms with Gasteiger partial charge in [0.25, 0.3) is 0 Å². The van der Waals surface area contributed by atoms with Gasteiger partial charge >= 0.3 is 0 Å². The molecule has 0 amide bonds. The second kappa shape index (κ2) is 10.5. The van der Waals surface area contributed by atoms with Gasteiger partial charge < -0.3 is 8.98 Å². The van der Waals surface area contributed by atoms with Crippen LogP contribution in [0.4, 0.5) is 0 Å². The van der Waals surface area contributed by atoms with Crippen LogP contribution in [0.25, 0.3) is 94.4 Å². The first kappa shape index (κ1) is 26.6. The van der Waals surface area contributed by atoms with Gasteiger partial charge in [-0.2, -0.15) is 0 Å². The van der Waals surface area contributed by atoms with E-state index in [9.17, 15) is 0 Å². The number of para-hydroxylation sites is 1. The average molecular weight is 615 g/mol. The number of furan rings is 1. The van der Waals surface area contributed by atoms with Crippen LogP contribution in [0.2, 0.25) is 0 Å². The minimum Gasteiger partial charge on any atom is -0.456 e. The molecule has 0 aliphatic rings. The lowest BCUT2D eigenvalue weighted by molar-refractivity contribution is 0.669. The molecule has 7 aromatic carbocycles. The molecule has 224 valence electrons. The lowest BCUT2D eigenvalue weighted by Gasteiger charge is -2.11. The van der Waals surface area contributed by atoms with Gasteiger partial charge in [-0.25, -0.2) is 15.0 Å². The Labute approximate surface area is 275 Å². The van der Waals surface area contributed by atoms with Crippen molar-refractivity contribution in [2.24, 2.45) is 0 Å². The Balaban J connectivity index is 1.25. The van der Waals surface area contributed by atoms with Crippen molar-refractivity contribution in [1.29, 1.82) is 0 Å². The zero-order valence-electron chi connectivity index (χ0n) is 25.7. The number of aromatic nitrogens is 4. The molecule has 5 nitrogen and oxygen atoms in total. The van der Waals surface area contributed by atoms with Crippen molar-refractivity contribution in [2.45, 2.75) is 0 Å². The highest BCUT2D eigenvalue weighted by Crippen LogP contribution is 2.41. The Hall–Kier alpha value is -6.59. The second-order valence-electron chi connectivity index (χ2n) is 12.0. The molecule has 0 radical (unpaired) electrons. The van der Waals surface area contributed by atoms with Gasteiger partial charge in [0, 0.05) is 38.2 Å². The van der Waals surface area contributed by atoms with Crippen LogP contribution in [0.3, 0.4) is 0 Å². The van der Waals surface area contributed by atoms with Gasteiger partial charge in [-0.3, -0.25) is 0 Å². The minimum atomic E-state index is 0.610. The van der Waals surface area contributed by atoms with Gasteiger partial charge in [0.15, 0.2) is 17.5 Å². The molecule has 0 aliphatic heterocycles. The van der Waals surface area contributed by atoms with E-state index in [1.54, 1.807) is 0 Å². The van der Waals surface area contributed by atoms with Crippen LogP contribution in [-0.4, -0.2) is 19.5 Å². The van der Waals surface area contributed by atoms with Crippen molar-refractivity contribution in [3.8, 4) is 39.9 Å². The van der Waals surface area contributed by atoms with Gasteiger partial charge in [0.2, 0.25) is 0 Å². The third-order valence-corrected chi connectivity index (χ3v) is 9.23. The van der Waals surface area contributed by atoms with Gasteiger partial charge in [0.05, 0.1) is 22.1 Å². The van der Waals surface area contributed by atoms with E-state index in [1.807, 2.05) is 72.8 Å². The Kier molecular flexibility index (Phi) is 5.81. The summed E-state index contributed by atoms with van der Waals surface area (Å²) < 4.78 is 8.92. The summed E-state index contributed by atoms with van der Waals surface area (Å²) in [6.07, 6.45) is 0. The van der Waals surface area contributed by atoms with Gasteiger partial charge in [-0.15, -0.1) is 0 Å². The average Bonchev–Trinajstić information content (AvgIpc) is 3.71. The Morgan fingerprint density at radius 1 is 0.417 bits per heavy atom. The fraction of sp³-hybridized carbons (Fsp3) is 0. The van der Waals surface area contributed by atoms with Crippen molar-refractivity contribution >= 4 is 54.5 Å². The van der Waals surface area contributed by atoms with Gasteiger partial charge in [-0.05, 0) is 41.8 Å². The molecule has 0 spiro atoms. The first-order valence-corrected chi connectivity index (χ1v) is 16.0. The largest absolute Gasteiger partial charge is 0.456 e. The lowest BCUT2D eigenvalue weighted by atomic mass is 10.1. The minimum absolute atomic E-state index is 0.610. The summed E-state index contributed by atoms with van der Waals surface area (Å²) in [5, 5.41) is 6.91. The molecule has 5 heteroatoms. The van der Waals surface area contributed by atoms with Crippen molar-refractivity contribution in [2.75, 3.05) is 0 Å². The Bertz CT molecular complexity index is 2780. The molecular formula is C43H26N4O.